The van der Waals surface area contributed by atoms with E-state index in [0.717, 1.165) is 18.1 Å². The first-order chi connectivity index (χ1) is 23.7. The molecule has 1 aliphatic heterocycles. The third-order valence-electron chi connectivity index (χ3n) is 11.3. The van der Waals surface area contributed by atoms with Gasteiger partial charge < -0.3 is 20.3 Å². The lowest BCUT2D eigenvalue weighted by Gasteiger charge is -2.61. The van der Waals surface area contributed by atoms with Crippen LogP contribution in [0.15, 0.2) is 70.7 Å². The third kappa shape index (κ3) is 6.40. The number of aromatic nitrogens is 3. The molecular formula is C38H45F2N7O2. The van der Waals surface area contributed by atoms with Crippen LogP contribution in [0.1, 0.15) is 39.2 Å². The summed E-state index contributed by atoms with van der Waals surface area (Å²) in [4.78, 5) is 30.8. The molecule has 3 aliphatic carbocycles. The van der Waals surface area contributed by atoms with Crippen LogP contribution < -0.4 is 20.9 Å². The van der Waals surface area contributed by atoms with Crippen LogP contribution in [0.3, 0.4) is 0 Å². The van der Waals surface area contributed by atoms with Crippen LogP contribution in [0.25, 0.3) is 22.3 Å². The number of rotatable bonds is 8. The number of hydrogen-bond acceptors (Lipinski definition) is 6. The second kappa shape index (κ2) is 13.5. The number of guanidine groups is 1. The maximum absolute atomic E-state index is 14.8. The fourth-order valence-corrected chi connectivity index (χ4v) is 8.21. The number of anilines is 1. The summed E-state index contributed by atoms with van der Waals surface area (Å²) in [5, 5.41) is 7.29. The lowest BCUT2D eigenvalue weighted by molar-refractivity contribution is -0.108. The smallest absolute Gasteiger partial charge is 0.261 e. The fraction of sp³-hybridized carbons (Fsp3) is 0.474. The largest absolute Gasteiger partial charge is 0.497 e. The molecule has 0 radical (unpaired) electrons. The van der Waals surface area contributed by atoms with E-state index in [9.17, 15) is 13.6 Å². The minimum atomic E-state index is -0.448. The quantitative estimate of drug-likeness (QED) is 0.177. The lowest BCUT2D eigenvalue weighted by Crippen LogP contribution is -2.58. The van der Waals surface area contributed by atoms with Gasteiger partial charge in [0.25, 0.3) is 5.56 Å². The number of benzene rings is 2. The van der Waals surface area contributed by atoms with Crippen LogP contribution in [0.4, 0.5) is 14.5 Å². The van der Waals surface area contributed by atoms with Gasteiger partial charge in [0.15, 0.2) is 5.96 Å². The first kappa shape index (κ1) is 33.1. The van der Waals surface area contributed by atoms with Crippen LogP contribution in [0.5, 0.6) is 5.75 Å². The fourth-order valence-electron chi connectivity index (χ4n) is 8.21. The predicted octanol–water partition coefficient (Wildman–Crippen LogP) is 5.93. The molecule has 4 aliphatic rings. The Balaban J connectivity index is 1.23. The molecule has 0 spiro atoms. The van der Waals surface area contributed by atoms with Crippen molar-refractivity contribution in [3.63, 3.8) is 0 Å². The SMILES string of the molecule is COc1ccc(CCn2c(-c3cccnc3)nc3cc(NC(=N[C@H]4C[C@@H]5C[C@@H]([C@H]4C)C5(C)C)N4CCN[C@@H](CF)C4)ccc3c2=O)c(F)c1. The zero-order valence-electron chi connectivity index (χ0n) is 28.6. The number of hydrogen-bond donors (Lipinski definition) is 2. The van der Waals surface area contributed by atoms with E-state index < -0.39 is 6.67 Å². The molecule has 2 bridgehead atoms. The molecule has 4 aromatic rings. The molecule has 1 saturated heterocycles. The van der Waals surface area contributed by atoms with Crippen LogP contribution in [-0.2, 0) is 13.0 Å². The molecule has 4 fully saturated rings. The second-order valence-corrected chi connectivity index (χ2v) is 14.4. The number of pyridine rings is 1. The van der Waals surface area contributed by atoms with Crippen molar-refractivity contribution < 1.29 is 13.5 Å². The first-order valence-corrected chi connectivity index (χ1v) is 17.3. The number of piperazine rings is 1. The number of ether oxygens (including phenoxy) is 1. The van der Waals surface area contributed by atoms with Gasteiger partial charge in [-0.2, -0.15) is 0 Å². The van der Waals surface area contributed by atoms with Gasteiger partial charge in [-0.25, -0.2) is 18.8 Å². The van der Waals surface area contributed by atoms with Crippen molar-refractivity contribution in [2.24, 2.45) is 28.2 Å². The van der Waals surface area contributed by atoms with Gasteiger partial charge in [-0.05, 0) is 84.4 Å². The Kier molecular flexibility index (Phi) is 9.13. The molecule has 2 N–H and O–H groups in total. The number of nitrogens with one attached hydrogen (secondary N) is 2. The zero-order chi connectivity index (χ0) is 34.3. The highest BCUT2D eigenvalue weighted by atomic mass is 19.1. The standard InChI is InChI=1S/C38H45F2N7O2/c1-23-31-16-26(38(31,2)3)17-33(23)45-37(46-15-13-42-28(20-39)22-46)43-27-8-10-30-34(18-27)44-35(25-6-5-12-41-21-25)47(36(30)48)14-11-24-7-9-29(49-4)19-32(24)40/h5-10,12,18-19,21,23,26,28,31,33,42H,11,13-17,20,22H2,1-4H3,(H,43,45)/t23-,26+,28+,31+,33+/m1/s1. The van der Waals surface area contributed by atoms with Gasteiger partial charge in [0.05, 0.1) is 30.1 Å². The highest BCUT2D eigenvalue weighted by Crippen LogP contribution is 2.61. The van der Waals surface area contributed by atoms with Gasteiger partial charge >= 0.3 is 0 Å². The van der Waals surface area contributed by atoms with E-state index in [1.807, 2.05) is 18.2 Å². The van der Waals surface area contributed by atoms with E-state index in [0.29, 0.717) is 82.8 Å². The van der Waals surface area contributed by atoms with Crippen molar-refractivity contribution in [1.82, 2.24) is 24.8 Å². The Hall–Kier alpha value is -4.38. The molecule has 8 rings (SSSR count). The average Bonchev–Trinajstić information content (AvgIpc) is 3.12. The Morgan fingerprint density at radius 2 is 2.04 bits per heavy atom. The number of alkyl halides is 1. The van der Waals surface area contributed by atoms with E-state index in [2.05, 4.69) is 41.3 Å². The highest BCUT2D eigenvalue weighted by Gasteiger charge is 2.56. The van der Waals surface area contributed by atoms with Crippen LogP contribution in [0.2, 0.25) is 0 Å². The van der Waals surface area contributed by atoms with E-state index in [-0.39, 0.29) is 30.0 Å². The van der Waals surface area contributed by atoms with Gasteiger partial charge in [0.2, 0.25) is 0 Å². The van der Waals surface area contributed by atoms with Gasteiger partial charge in [0.1, 0.15) is 24.1 Å². The van der Waals surface area contributed by atoms with E-state index in [1.54, 1.807) is 41.2 Å². The number of fused-ring (bicyclic) bond motifs is 3. The summed E-state index contributed by atoms with van der Waals surface area (Å²) in [7, 11) is 1.50. The maximum Gasteiger partial charge on any atom is 0.261 e. The first-order valence-electron chi connectivity index (χ1n) is 17.3. The summed E-state index contributed by atoms with van der Waals surface area (Å²) >= 11 is 0. The molecule has 49 heavy (non-hydrogen) atoms. The van der Waals surface area contributed by atoms with Crippen LogP contribution >= 0.6 is 0 Å². The number of aliphatic imine (C=N–C) groups is 1. The second-order valence-electron chi connectivity index (χ2n) is 14.4. The zero-order valence-corrected chi connectivity index (χ0v) is 28.6. The number of nitrogens with zero attached hydrogens (tertiary/aromatic N) is 5. The number of halogens is 2. The Labute approximate surface area is 285 Å². The summed E-state index contributed by atoms with van der Waals surface area (Å²) in [5.41, 5.74) is 2.56. The monoisotopic (exact) mass is 669 g/mol. The molecule has 5 atom stereocenters. The summed E-state index contributed by atoms with van der Waals surface area (Å²) in [5.74, 6) is 2.98. The van der Waals surface area contributed by atoms with Crippen molar-refractivity contribution in [3.8, 4) is 17.1 Å². The normalized spacial score (nSPS) is 24.8. The highest BCUT2D eigenvalue weighted by molar-refractivity contribution is 5.96. The topological polar surface area (TPSA) is 96.7 Å². The molecule has 0 amide bonds. The molecule has 3 saturated carbocycles. The number of methoxy groups -OCH3 is 1. The molecular weight excluding hydrogens is 624 g/mol. The lowest BCUT2D eigenvalue weighted by atomic mass is 9.45. The van der Waals surface area contributed by atoms with Crippen LogP contribution in [0, 0.1) is 29.0 Å². The van der Waals surface area contributed by atoms with Gasteiger partial charge in [-0.1, -0.05) is 26.8 Å². The van der Waals surface area contributed by atoms with Crippen molar-refractivity contribution in [2.45, 2.75) is 58.7 Å². The minimum Gasteiger partial charge on any atom is -0.497 e. The molecule has 0 unspecified atom stereocenters. The third-order valence-corrected chi connectivity index (χ3v) is 11.3. The molecule has 9 nitrogen and oxygen atoms in total. The molecule has 2 aromatic heterocycles. The molecule has 11 heteroatoms. The van der Waals surface area contributed by atoms with Crippen LogP contribution in [-0.4, -0.2) is 70.9 Å². The van der Waals surface area contributed by atoms with E-state index >= 15 is 0 Å². The Bertz CT molecular complexity index is 1910. The van der Waals surface area contributed by atoms with Crippen molar-refractivity contribution in [2.75, 3.05) is 38.7 Å². The van der Waals surface area contributed by atoms with Crippen molar-refractivity contribution >= 4 is 22.5 Å². The molecule has 3 heterocycles. The van der Waals surface area contributed by atoms with Gasteiger partial charge in [-0.15, -0.1) is 0 Å². The predicted molar refractivity (Wildman–Crippen MR) is 189 cm³/mol. The van der Waals surface area contributed by atoms with Crippen molar-refractivity contribution in [3.05, 3.63) is 82.7 Å². The van der Waals surface area contributed by atoms with Gasteiger partial charge in [-0.3, -0.25) is 14.3 Å². The summed E-state index contributed by atoms with van der Waals surface area (Å²) < 4.78 is 35.4. The van der Waals surface area contributed by atoms with E-state index in [1.165, 1.54) is 19.6 Å². The molecule has 2 aromatic carbocycles. The minimum absolute atomic E-state index is 0.177. The Morgan fingerprint density at radius 3 is 2.76 bits per heavy atom. The Morgan fingerprint density at radius 1 is 1.18 bits per heavy atom. The maximum atomic E-state index is 14.8. The number of aryl methyl sites for hydroxylation is 1. The summed E-state index contributed by atoms with van der Waals surface area (Å²) in [6.45, 7) is 8.76. The summed E-state index contributed by atoms with van der Waals surface area (Å²) in [6, 6.07) is 13.9. The van der Waals surface area contributed by atoms with Crippen molar-refractivity contribution in [1.29, 1.82) is 0 Å². The van der Waals surface area contributed by atoms with Gasteiger partial charge in [0, 0.05) is 55.9 Å². The summed E-state index contributed by atoms with van der Waals surface area (Å²) in [6.07, 6.45) is 5.95. The van der Waals surface area contributed by atoms with E-state index in [4.69, 9.17) is 14.7 Å². The molecule has 258 valence electrons. The average molecular weight is 670 g/mol.